The van der Waals surface area contributed by atoms with E-state index in [1.165, 1.54) is 12.1 Å². The first-order valence-corrected chi connectivity index (χ1v) is 6.92. The highest BCUT2D eigenvalue weighted by Crippen LogP contribution is 2.31. The summed E-state index contributed by atoms with van der Waals surface area (Å²) in [5.41, 5.74) is 4.93. The third kappa shape index (κ3) is 4.55. The number of halogens is 3. The summed E-state index contributed by atoms with van der Waals surface area (Å²) in [5.74, 6) is 0. The maximum atomic E-state index is 12.4. The molecular formula is C11H12F3N2OS2-. The molecule has 0 amide bonds. The molecule has 0 aliphatic heterocycles. The Bertz CT molecular complexity index is 486. The van der Waals surface area contributed by atoms with Crippen LogP contribution in [-0.2, 0) is 17.1 Å². The molecule has 0 saturated carbocycles. The van der Waals surface area contributed by atoms with Gasteiger partial charge in [-0.2, -0.15) is 24.1 Å². The van der Waals surface area contributed by atoms with E-state index >= 15 is 0 Å². The average Bonchev–Trinajstić information content (AvgIpc) is 2.28. The van der Waals surface area contributed by atoms with Gasteiger partial charge in [0.05, 0.1) is 5.56 Å². The third-order valence-corrected chi connectivity index (χ3v) is 4.08. The zero-order valence-electron chi connectivity index (χ0n) is 9.98. The van der Waals surface area contributed by atoms with E-state index in [4.69, 9.17) is 5.73 Å². The van der Waals surface area contributed by atoms with Gasteiger partial charge in [0, 0.05) is 5.25 Å². The normalized spacial score (nSPS) is 15.2. The maximum Gasteiger partial charge on any atom is 0.416 e. The Balaban J connectivity index is 3.04. The molecule has 3 nitrogen and oxygen atoms in total. The first-order chi connectivity index (χ1) is 8.75. The lowest BCUT2D eigenvalue weighted by atomic mass is 10.1. The molecule has 0 spiro atoms. The fraction of sp³-hybridized carbons (Fsp3) is 0.364. The number of hydrogen-bond donors (Lipinski definition) is 1. The summed E-state index contributed by atoms with van der Waals surface area (Å²) in [5, 5.41) is -0.757. The second kappa shape index (κ2) is 6.44. The predicted molar refractivity (Wildman–Crippen MR) is 71.8 cm³/mol. The lowest BCUT2D eigenvalue weighted by Crippen LogP contribution is -2.11. The smallest absolute Gasteiger partial charge is 0.416 e. The second-order valence-electron chi connectivity index (χ2n) is 3.72. The van der Waals surface area contributed by atoms with Crippen molar-refractivity contribution >= 4 is 28.3 Å². The van der Waals surface area contributed by atoms with Crippen LogP contribution in [0, 0.1) is 0 Å². The fourth-order valence-electron chi connectivity index (χ4n) is 1.53. The van der Waals surface area contributed by atoms with Gasteiger partial charge in [0.25, 0.3) is 0 Å². The molecule has 106 valence electrons. The second-order valence-corrected chi connectivity index (χ2v) is 5.44. The van der Waals surface area contributed by atoms with Gasteiger partial charge in [-0.3, -0.25) is 0 Å². The van der Waals surface area contributed by atoms with Crippen LogP contribution in [0.25, 0.3) is 0 Å². The molecule has 2 atom stereocenters. The quantitative estimate of drug-likeness (QED) is 0.871. The molecule has 2 unspecified atom stereocenters. The first-order valence-electron chi connectivity index (χ1n) is 5.34. The van der Waals surface area contributed by atoms with Gasteiger partial charge < -0.3 is 10.3 Å². The van der Waals surface area contributed by atoms with Gasteiger partial charge in [-0.05, 0) is 36.3 Å². The summed E-state index contributed by atoms with van der Waals surface area (Å²) in [6.07, 6.45) is -3.94. The Hall–Kier alpha value is -0.990. The minimum absolute atomic E-state index is 0.233. The van der Waals surface area contributed by atoms with Crippen molar-refractivity contribution in [1.29, 1.82) is 0 Å². The van der Waals surface area contributed by atoms with Crippen LogP contribution in [0.4, 0.5) is 13.2 Å². The number of nitrogens with two attached hydrogens (primary N) is 1. The standard InChI is InChI=1S/C11H13F3N2OS2/c1-2-9(19(17)16-10(15)18)7-3-5-8(6-4-7)11(12,13)14/h3-6,9H,2H2,1H3,(H3,15,16,17,18)/p-1. The minimum Gasteiger partial charge on any atom is -0.788 e. The monoisotopic (exact) mass is 309 g/mol. The van der Waals surface area contributed by atoms with Crippen LogP contribution in [0.3, 0.4) is 0 Å². The molecule has 0 bridgehead atoms. The van der Waals surface area contributed by atoms with Crippen molar-refractivity contribution in [3.05, 3.63) is 35.4 Å². The summed E-state index contributed by atoms with van der Waals surface area (Å²) in [6, 6.07) is 4.50. The van der Waals surface area contributed by atoms with Crippen molar-refractivity contribution in [3.8, 4) is 0 Å². The first kappa shape index (κ1) is 16.1. The van der Waals surface area contributed by atoms with Crippen LogP contribution in [0.15, 0.2) is 28.6 Å². The number of hydrogen-bond acceptors (Lipinski definition) is 2. The summed E-state index contributed by atoms with van der Waals surface area (Å²) < 4.78 is 52.6. The molecule has 1 aromatic carbocycles. The Morgan fingerprint density at radius 1 is 1.42 bits per heavy atom. The van der Waals surface area contributed by atoms with Gasteiger partial charge >= 0.3 is 6.18 Å². The summed E-state index contributed by atoms with van der Waals surface area (Å²) >= 11 is 4.53. The number of nitrogens with zero attached hydrogens (tertiary/aromatic N) is 1. The van der Waals surface area contributed by atoms with Gasteiger partial charge in [0.1, 0.15) is 0 Å². The van der Waals surface area contributed by atoms with Crippen molar-refractivity contribution in [2.45, 2.75) is 24.8 Å². The van der Waals surface area contributed by atoms with Crippen molar-refractivity contribution in [2.24, 2.45) is 10.1 Å². The molecule has 0 aliphatic carbocycles. The Labute approximate surface area is 116 Å². The summed E-state index contributed by atoms with van der Waals surface area (Å²) in [6.45, 7) is 1.76. The largest absolute Gasteiger partial charge is 0.788 e. The molecular weight excluding hydrogens is 297 g/mol. The van der Waals surface area contributed by atoms with E-state index in [-0.39, 0.29) is 5.11 Å². The van der Waals surface area contributed by atoms with Crippen molar-refractivity contribution in [2.75, 3.05) is 0 Å². The van der Waals surface area contributed by atoms with Gasteiger partial charge in [-0.25, -0.2) is 4.36 Å². The third-order valence-electron chi connectivity index (χ3n) is 2.40. The van der Waals surface area contributed by atoms with E-state index in [1.54, 1.807) is 6.92 Å². The highest BCUT2D eigenvalue weighted by molar-refractivity contribution is 7.84. The summed E-state index contributed by atoms with van der Waals surface area (Å²) in [4.78, 5) is 0. The van der Waals surface area contributed by atoms with E-state index in [0.29, 0.717) is 12.0 Å². The van der Waals surface area contributed by atoms with Crippen molar-refractivity contribution in [3.63, 3.8) is 0 Å². The molecule has 8 heteroatoms. The summed E-state index contributed by atoms with van der Waals surface area (Å²) in [7, 11) is -1.69. The Kier molecular flexibility index (Phi) is 5.45. The molecule has 1 rings (SSSR count). The zero-order chi connectivity index (χ0) is 14.6. The van der Waals surface area contributed by atoms with Crippen molar-refractivity contribution < 1.29 is 17.7 Å². The Morgan fingerprint density at radius 2 is 1.95 bits per heavy atom. The van der Waals surface area contributed by atoms with Crippen LogP contribution in [0.5, 0.6) is 0 Å². The molecule has 0 aliphatic rings. The van der Waals surface area contributed by atoms with Gasteiger partial charge in [0.15, 0.2) is 5.11 Å². The SMILES string of the molecule is CCC(c1ccc(C(F)(F)F)cc1)S([O-])=NC(N)=S. The molecule has 0 aromatic heterocycles. The minimum atomic E-state index is -4.39. The number of rotatable bonds is 3. The molecule has 0 heterocycles. The van der Waals surface area contributed by atoms with Crippen LogP contribution < -0.4 is 5.73 Å². The van der Waals surface area contributed by atoms with E-state index in [0.717, 1.165) is 12.1 Å². The number of alkyl halides is 3. The number of thiocarbonyl (C=S) groups is 1. The van der Waals surface area contributed by atoms with Crippen molar-refractivity contribution in [1.82, 2.24) is 0 Å². The average molecular weight is 309 g/mol. The number of benzene rings is 1. The lowest BCUT2D eigenvalue weighted by Gasteiger charge is -2.24. The highest BCUT2D eigenvalue weighted by Gasteiger charge is 2.30. The Morgan fingerprint density at radius 3 is 2.32 bits per heavy atom. The molecule has 1 aromatic rings. The van der Waals surface area contributed by atoms with Crippen LogP contribution in [0.1, 0.15) is 29.7 Å². The van der Waals surface area contributed by atoms with E-state index in [9.17, 15) is 17.7 Å². The molecule has 0 fully saturated rings. The van der Waals surface area contributed by atoms with Crippen LogP contribution >= 0.6 is 12.2 Å². The van der Waals surface area contributed by atoms with E-state index in [2.05, 4.69) is 16.6 Å². The predicted octanol–water partition coefficient (Wildman–Crippen LogP) is 3.33. The van der Waals surface area contributed by atoms with Gasteiger partial charge in [0.2, 0.25) is 0 Å². The molecule has 0 saturated heterocycles. The topological polar surface area (TPSA) is 61.4 Å². The van der Waals surface area contributed by atoms with E-state index in [1.807, 2.05) is 0 Å². The maximum absolute atomic E-state index is 12.4. The van der Waals surface area contributed by atoms with Gasteiger partial charge in [-0.1, -0.05) is 19.1 Å². The zero-order valence-corrected chi connectivity index (χ0v) is 11.6. The van der Waals surface area contributed by atoms with Crippen LogP contribution in [-0.4, -0.2) is 9.67 Å². The van der Waals surface area contributed by atoms with E-state index < -0.39 is 28.0 Å². The highest BCUT2D eigenvalue weighted by atomic mass is 32.2. The molecule has 2 N–H and O–H groups in total. The van der Waals surface area contributed by atoms with Gasteiger partial charge in [-0.15, -0.1) is 0 Å². The molecule has 19 heavy (non-hydrogen) atoms. The lowest BCUT2D eigenvalue weighted by molar-refractivity contribution is -0.137. The fourth-order valence-corrected chi connectivity index (χ4v) is 2.73. The van der Waals surface area contributed by atoms with Crippen LogP contribution in [0.2, 0.25) is 0 Å². The molecule has 0 radical (unpaired) electrons.